The molecule has 9 nitrogen and oxygen atoms in total. The normalized spacial score (nSPS) is 12.4. The van der Waals surface area contributed by atoms with Gasteiger partial charge in [-0.05, 0) is 41.8 Å². The molecule has 38 heavy (non-hydrogen) atoms. The minimum atomic E-state index is -1.20. The van der Waals surface area contributed by atoms with Gasteiger partial charge >= 0.3 is 6.09 Å². The number of carbonyl (C=O) groups is 3. The highest BCUT2D eigenvalue weighted by Gasteiger charge is 2.30. The van der Waals surface area contributed by atoms with E-state index in [1.54, 1.807) is 91.0 Å². The number of imide groups is 1. The quantitative estimate of drug-likeness (QED) is 0.153. The van der Waals surface area contributed by atoms with E-state index >= 15 is 0 Å². The predicted octanol–water partition coefficient (Wildman–Crippen LogP) is 4.66. The van der Waals surface area contributed by atoms with Crippen LogP contribution in [0.4, 0.5) is 4.79 Å². The number of hydroxylamine groups is 1. The van der Waals surface area contributed by atoms with Crippen LogP contribution in [0.5, 0.6) is 11.5 Å². The smallest absolute Gasteiger partial charge is 0.414 e. The minimum Gasteiger partial charge on any atom is -0.507 e. The lowest BCUT2D eigenvalue weighted by Crippen LogP contribution is -2.36. The minimum absolute atomic E-state index is 0.0162. The summed E-state index contributed by atoms with van der Waals surface area (Å²) < 4.78 is 11.8. The second-order valence-corrected chi connectivity index (χ2v) is 8.10. The molecule has 0 spiro atoms. The van der Waals surface area contributed by atoms with Crippen LogP contribution in [-0.2, 0) is 9.53 Å². The highest BCUT2D eigenvalue weighted by Crippen LogP contribution is 2.35. The van der Waals surface area contributed by atoms with E-state index in [4.69, 9.17) is 14.7 Å². The Labute approximate surface area is 217 Å². The number of rotatable bonds is 8. The van der Waals surface area contributed by atoms with Crippen LogP contribution < -0.4 is 15.5 Å². The Morgan fingerprint density at radius 1 is 0.789 bits per heavy atom. The fraction of sp³-hybridized carbons (Fsp3) is 0.0690. The summed E-state index contributed by atoms with van der Waals surface area (Å²) in [6, 6.07) is 26.7. The van der Waals surface area contributed by atoms with E-state index in [9.17, 15) is 19.5 Å². The summed E-state index contributed by atoms with van der Waals surface area (Å²) in [7, 11) is 0. The predicted molar refractivity (Wildman–Crippen MR) is 139 cm³/mol. The van der Waals surface area contributed by atoms with Crippen molar-refractivity contribution in [2.45, 2.75) is 12.2 Å². The van der Waals surface area contributed by atoms with E-state index in [0.29, 0.717) is 22.1 Å². The number of para-hydroxylation sites is 1. The maximum Gasteiger partial charge on any atom is 0.414 e. The molecule has 0 aliphatic heterocycles. The third-order valence-corrected chi connectivity index (χ3v) is 5.59. The number of ether oxygens (including phenoxy) is 2. The van der Waals surface area contributed by atoms with E-state index in [1.807, 2.05) is 0 Å². The molecular weight excluding hydrogens is 488 g/mol. The van der Waals surface area contributed by atoms with E-state index in [0.717, 1.165) is 6.08 Å². The molecule has 0 radical (unpaired) electrons. The summed E-state index contributed by atoms with van der Waals surface area (Å²) in [5.41, 5.74) is 2.20. The van der Waals surface area contributed by atoms with E-state index < -0.39 is 30.1 Å². The van der Waals surface area contributed by atoms with Gasteiger partial charge in [-0.3, -0.25) is 20.1 Å². The van der Waals surface area contributed by atoms with Gasteiger partial charge in [0.1, 0.15) is 11.5 Å². The van der Waals surface area contributed by atoms with Crippen molar-refractivity contribution in [3.8, 4) is 11.5 Å². The Balaban J connectivity index is 1.75. The summed E-state index contributed by atoms with van der Waals surface area (Å²) in [6.07, 6.45) is -1.01. The SMILES string of the molecule is O=C(/C=C/[C@@H](Oc1ccccc1)[C@H](OC(=O)NC(=O)c1ccccc1)c1ccc(O)c2ccccc12)NO. The van der Waals surface area contributed by atoms with Gasteiger partial charge in [-0.1, -0.05) is 66.7 Å². The van der Waals surface area contributed by atoms with Gasteiger partial charge in [-0.2, -0.15) is 0 Å². The van der Waals surface area contributed by atoms with Crippen LogP contribution >= 0.6 is 0 Å². The number of phenols is 1. The number of carbonyl (C=O) groups excluding carboxylic acids is 3. The van der Waals surface area contributed by atoms with Gasteiger partial charge in [0.05, 0.1) is 0 Å². The first-order valence-corrected chi connectivity index (χ1v) is 11.6. The molecule has 0 saturated carbocycles. The van der Waals surface area contributed by atoms with Gasteiger partial charge in [-0.15, -0.1) is 0 Å². The van der Waals surface area contributed by atoms with Crippen molar-refractivity contribution < 1.29 is 34.2 Å². The van der Waals surface area contributed by atoms with Crippen LogP contribution in [0.1, 0.15) is 22.0 Å². The molecule has 0 bridgehead atoms. The topological polar surface area (TPSA) is 134 Å². The summed E-state index contributed by atoms with van der Waals surface area (Å²) >= 11 is 0. The highest BCUT2D eigenvalue weighted by atomic mass is 16.6. The van der Waals surface area contributed by atoms with Crippen molar-refractivity contribution in [3.05, 3.63) is 120 Å². The Kier molecular flexibility index (Phi) is 8.32. The van der Waals surface area contributed by atoms with Crippen molar-refractivity contribution in [2.75, 3.05) is 0 Å². The summed E-state index contributed by atoms with van der Waals surface area (Å²) in [5, 5.41) is 22.6. The Morgan fingerprint density at radius 3 is 2.11 bits per heavy atom. The number of aromatic hydroxyl groups is 1. The van der Waals surface area contributed by atoms with Crippen LogP contribution in [0.3, 0.4) is 0 Å². The third-order valence-electron chi connectivity index (χ3n) is 5.59. The van der Waals surface area contributed by atoms with Gasteiger partial charge in [-0.25, -0.2) is 10.3 Å². The van der Waals surface area contributed by atoms with E-state index in [-0.39, 0.29) is 11.3 Å². The lowest BCUT2D eigenvalue weighted by atomic mass is 9.96. The molecule has 0 aliphatic rings. The molecule has 4 aromatic rings. The first-order valence-electron chi connectivity index (χ1n) is 11.6. The highest BCUT2D eigenvalue weighted by molar-refractivity contribution is 6.03. The number of fused-ring (bicyclic) bond motifs is 1. The number of phenolic OH excluding ortho intramolecular Hbond substituents is 1. The van der Waals surface area contributed by atoms with Gasteiger partial charge in [0.25, 0.3) is 11.8 Å². The van der Waals surface area contributed by atoms with Crippen molar-refractivity contribution >= 4 is 28.7 Å². The van der Waals surface area contributed by atoms with Crippen LogP contribution in [0.25, 0.3) is 10.8 Å². The second-order valence-electron chi connectivity index (χ2n) is 8.10. The molecule has 0 fully saturated rings. The Bertz CT molecular complexity index is 1460. The summed E-state index contributed by atoms with van der Waals surface area (Å²) in [6.45, 7) is 0. The Morgan fingerprint density at radius 2 is 1.42 bits per heavy atom. The molecule has 4 rings (SSSR count). The number of hydrogen-bond donors (Lipinski definition) is 4. The first kappa shape index (κ1) is 25.9. The number of benzene rings is 4. The molecule has 0 aromatic heterocycles. The van der Waals surface area contributed by atoms with Crippen LogP contribution in [0.2, 0.25) is 0 Å². The zero-order chi connectivity index (χ0) is 26.9. The molecule has 4 N–H and O–H groups in total. The van der Waals surface area contributed by atoms with Crippen molar-refractivity contribution in [1.82, 2.24) is 10.8 Å². The molecule has 0 unspecified atom stereocenters. The molecule has 2 atom stereocenters. The zero-order valence-corrected chi connectivity index (χ0v) is 20.0. The van der Waals surface area contributed by atoms with Gasteiger partial charge in [0.2, 0.25) is 0 Å². The number of hydrogen-bond acceptors (Lipinski definition) is 7. The van der Waals surface area contributed by atoms with Crippen LogP contribution in [-0.4, -0.2) is 34.3 Å². The fourth-order valence-electron chi connectivity index (χ4n) is 3.84. The standard InChI is InChI=1S/C29H24N2O7/c32-24-16-15-23(21-13-7-8-14-22(21)24)27(38-29(35)30-28(34)19-9-3-1-4-10-19)25(17-18-26(33)31-36)37-20-11-5-2-6-12-20/h1-18,25,27,32,36H,(H,31,33)(H,30,34,35)/b18-17+/t25-,27-/m1/s1. The molecule has 0 saturated heterocycles. The van der Waals surface area contributed by atoms with Gasteiger partial charge < -0.3 is 14.6 Å². The maximum atomic E-state index is 13.0. The second kappa shape index (κ2) is 12.2. The van der Waals surface area contributed by atoms with Crippen molar-refractivity contribution in [1.29, 1.82) is 0 Å². The molecule has 9 heteroatoms. The average Bonchev–Trinajstić information content (AvgIpc) is 2.95. The van der Waals surface area contributed by atoms with E-state index in [1.165, 1.54) is 17.6 Å². The van der Waals surface area contributed by atoms with Crippen molar-refractivity contribution in [2.24, 2.45) is 0 Å². The fourth-order valence-corrected chi connectivity index (χ4v) is 3.84. The van der Waals surface area contributed by atoms with E-state index in [2.05, 4.69) is 5.32 Å². The van der Waals surface area contributed by atoms with Crippen molar-refractivity contribution in [3.63, 3.8) is 0 Å². The first-order chi connectivity index (χ1) is 18.5. The molecule has 3 amide bonds. The molecule has 0 aliphatic carbocycles. The number of alkyl carbamates (subject to hydrolysis) is 1. The summed E-state index contributed by atoms with van der Waals surface area (Å²) in [4.78, 5) is 37.3. The maximum absolute atomic E-state index is 13.0. The summed E-state index contributed by atoms with van der Waals surface area (Å²) in [5.74, 6) is -1.07. The average molecular weight is 513 g/mol. The third kappa shape index (κ3) is 6.34. The lowest BCUT2D eigenvalue weighted by Gasteiger charge is -2.27. The molecule has 192 valence electrons. The molecule has 4 aromatic carbocycles. The monoisotopic (exact) mass is 512 g/mol. The van der Waals surface area contributed by atoms with Gasteiger partial charge in [0, 0.05) is 22.6 Å². The van der Waals surface area contributed by atoms with Crippen LogP contribution in [0, 0.1) is 0 Å². The lowest BCUT2D eigenvalue weighted by molar-refractivity contribution is -0.124. The molecule has 0 heterocycles. The number of amides is 3. The van der Waals surface area contributed by atoms with Crippen LogP contribution in [0.15, 0.2) is 109 Å². The largest absolute Gasteiger partial charge is 0.507 e. The number of nitrogens with one attached hydrogen (secondary N) is 2. The zero-order valence-electron chi connectivity index (χ0n) is 20.0. The molecular formula is C29H24N2O7. The van der Waals surface area contributed by atoms with Gasteiger partial charge in [0.15, 0.2) is 12.2 Å². The Hall–Kier alpha value is -5.15.